The molecule has 0 bridgehead atoms. The number of amides is 1. The molecule has 1 saturated heterocycles. The lowest BCUT2D eigenvalue weighted by molar-refractivity contribution is 0.0713. The zero-order chi connectivity index (χ0) is 20.1. The van der Waals surface area contributed by atoms with Crippen molar-refractivity contribution in [3.05, 3.63) is 95.6 Å². The largest absolute Gasteiger partial charge is 0.457 e. The minimum atomic E-state index is 0.0884. The lowest BCUT2D eigenvalue weighted by Crippen LogP contribution is -2.37. The van der Waals surface area contributed by atoms with Crippen LogP contribution in [0.5, 0.6) is 11.5 Å². The molecule has 0 aliphatic carbocycles. The molecule has 3 aromatic carbocycles. The first-order valence-electron chi connectivity index (χ1n) is 10.1. The molecular formula is C25H26N2O2. The van der Waals surface area contributed by atoms with Gasteiger partial charge in [-0.1, -0.05) is 42.5 Å². The highest BCUT2D eigenvalue weighted by Gasteiger charge is 2.24. The number of likely N-dealkylation sites (tertiary alicyclic amines) is 1. The van der Waals surface area contributed by atoms with Crippen molar-refractivity contribution in [1.82, 2.24) is 4.90 Å². The SMILES string of the molecule is NCc1cccc(C2CCN(C(=O)c3ccc(Oc4ccccc4)cc3)CC2)c1. The van der Waals surface area contributed by atoms with Gasteiger partial charge in [0.1, 0.15) is 11.5 Å². The molecule has 2 N–H and O–H groups in total. The lowest BCUT2D eigenvalue weighted by atomic mass is 9.88. The quantitative estimate of drug-likeness (QED) is 0.674. The molecule has 1 amide bonds. The number of carbonyl (C=O) groups excluding carboxylic acids is 1. The monoisotopic (exact) mass is 386 g/mol. The van der Waals surface area contributed by atoms with Gasteiger partial charge in [-0.25, -0.2) is 0 Å². The van der Waals surface area contributed by atoms with Gasteiger partial charge in [-0.3, -0.25) is 4.79 Å². The molecule has 1 aliphatic rings. The smallest absolute Gasteiger partial charge is 0.253 e. The fourth-order valence-electron chi connectivity index (χ4n) is 3.86. The van der Waals surface area contributed by atoms with E-state index in [1.54, 1.807) is 0 Å². The van der Waals surface area contributed by atoms with Crippen molar-refractivity contribution in [1.29, 1.82) is 0 Å². The van der Waals surface area contributed by atoms with Gasteiger partial charge in [0, 0.05) is 25.2 Å². The molecule has 29 heavy (non-hydrogen) atoms. The van der Waals surface area contributed by atoms with Crippen molar-refractivity contribution >= 4 is 5.91 Å². The van der Waals surface area contributed by atoms with Crippen LogP contribution >= 0.6 is 0 Å². The number of carbonyl (C=O) groups is 1. The van der Waals surface area contributed by atoms with Crippen LogP contribution in [0.4, 0.5) is 0 Å². The van der Waals surface area contributed by atoms with Crippen LogP contribution in [0.15, 0.2) is 78.9 Å². The van der Waals surface area contributed by atoms with E-state index in [4.69, 9.17) is 10.5 Å². The van der Waals surface area contributed by atoms with E-state index in [-0.39, 0.29) is 5.91 Å². The topological polar surface area (TPSA) is 55.6 Å². The number of benzene rings is 3. The Bertz CT molecular complexity index is 946. The normalized spacial score (nSPS) is 14.6. The van der Waals surface area contributed by atoms with Gasteiger partial charge in [-0.05, 0) is 66.3 Å². The van der Waals surface area contributed by atoms with Gasteiger partial charge in [0.2, 0.25) is 0 Å². The number of nitrogens with two attached hydrogens (primary N) is 1. The summed E-state index contributed by atoms with van der Waals surface area (Å²) in [4.78, 5) is 14.8. The van der Waals surface area contributed by atoms with Crippen molar-refractivity contribution in [2.75, 3.05) is 13.1 Å². The molecule has 1 aliphatic heterocycles. The van der Waals surface area contributed by atoms with E-state index in [2.05, 4.69) is 24.3 Å². The van der Waals surface area contributed by atoms with Crippen LogP contribution in [0.25, 0.3) is 0 Å². The molecule has 0 atom stereocenters. The molecule has 0 saturated carbocycles. The van der Waals surface area contributed by atoms with Crippen molar-refractivity contribution in [3.8, 4) is 11.5 Å². The lowest BCUT2D eigenvalue weighted by Gasteiger charge is -2.32. The third kappa shape index (κ3) is 4.66. The second kappa shape index (κ2) is 8.93. The molecule has 1 heterocycles. The number of hydrogen-bond donors (Lipinski definition) is 1. The molecule has 148 valence electrons. The van der Waals surface area contributed by atoms with E-state index >= 15 is 0 Å². The summed E-state index contributed by atoms with van der Waals surface area (Å²) < 4.78 is 5.81. The average molecular weight is 386 g/mol. The zero-order valence-corrected chi connectivity index (χ0v) is 16.5. The number of hydrogen-bond acceptors (Lipinski definition) is 3. The van der Waals surface area contributed by atoms with Crippen molar-refractivity contribution in [2.45, 2.75) is 25.3 Å². The molecule has 4 heteroatoms. The standard InChI is InChI=1S/C25H26N2O2/c26-18-19-5-4-6-22(17-19)20-13-15-27(16-14-20)25(28)21-9-11-24(12-10-21)29-23-7-2-1-3-8-23/h1-12,17,20H,13-16,18,26H2. The highest BCUT2D eigenvalue weighted by molar-refractivity contribution is 5.94. The number of rotatable bonds is 5. The summed E-state index contributed by atoms with van der Waals surface area (Å²) in [6, 6.07) is 25.5. The number of piperidine rings is 1. The van der Waals surface area contributed by atoms with E-state index < -0.39 is 0 Å². The molecule has 1 fully saturated rings. The first-order valence-corrected chi connectivity index (χ1v) is 10.1. The summed E-state index contributed by atoms with van der Waals surface area (Å²) in [5.74, 6) is 2.09. The van der Waals surface area contributed by atoms with Crippen LogP contribution in [0.1, 0.15) is 40.2 Å². The molecule has 0 spiro atoms. The summed E-state index contributed by atoms with van der Waals surface area (Å²) >= 11 is 0. The zero-order valence-electron chi connectivity index (χ0n) is 16.5. The summed E-state index contributed by atoms with van der Waals surface area (Å²) in [5.41, 5.74) is 8.97. The molecule has 0 radical (unpaired) electrons. The Balaban J connectivity index is 1.35. The van der Waals surface area contributed by atoms with E-state index in [0.717, 1.165) is 37.4 Å². The van der Waals surface area contributed by atoms with Crippen LogP contribution in [-0.4, -0.2) is 23.9 Å². The second-order valence-electron chi connectivity index (χ2n) is 7.46. The van der Waals surface area contributed by atoms with Gasteiger partial charge in [-0.2, -0.15) is 0 Å². The van der Waals surface area contributed by atoms with Gasteiger partial charge < -0.3 is 15.4 Å². The third-order valence-corrected chi connectivity index (χ3v) is 5.52. The predicted molar refractivity (Wildman–Crippen MR) is 115 cm³/mol. The van der Waals surface area contributed by atoms with Crippen LogP contribution in [0.2, 0.25) is 0 Å². The van der Waals surface area contributed by atoms with Crippen LogP contribution < -0.4 is 10.5 Å². The first kappa shape index (κ1) is 19.2. The summed E-state index contributed by atoms with van der Waals surface area (Å²) in [7, 11) is 0. The van der Waals surface area contributed by atoms with Gasteiger partial charge in [0.05, 0.1) is 0 Å². The van der Waals surface area contributed by atoms with E-state index in [1.807, 2.05) is 59.5 Å². The number of para-hydroxylation sites is 1. The van der Waals surface area contributed by atoms with Crippen molar-refractivity contribution in [2.24, 2.45) is 5.73 Å². The Morgan fingerprint density at radius 1 is 0.897 bits per heavy atom. The van der Waals surface area contributed by atoms with Crippen molar-refractivity contribution in [3.63, 3.8) is 0 Å². The number of ether oxygens (including phenoxy) is 1. The Hall–Kier alpha value is -3.11. The molecule has 4 rings (SSSR count). The maximum absolute atomic E-state index is 12.9. The second-order valence-corrected chi connectivity index (χ2v) is 7.46. The Labute approximate surface area is 171 Å². The Morgan fingerprint density at radius 2 is 1.59 bits per heavy atom. The maximum atomic E-state index is 12.9. The highest BCUT2D eigenvalue weighted by atomic mass is 16.5. The molecule has 0 unspecified atom stereocenters. The molecule has 4 nitrogen and oxygen atoms in total. The maximum Gasteiger partial charge on any atom is 0.253 e. The third-order valence-electron chi connectivity index (χ3n) is 5.52. The molecule has 0 aromatic heterocycles. The first-order chi connectivity index (χ1) is 14.2. The van der Waals surface area contributed by atoms with Gasteiger partial charge in [0.25, 0.3) is 5.91 Å². The minimum Gasteiger partial charge on any atom is -0.457 e. The van der Waals surface area contributed by atoms with Gasteiger partial charge in [0.15, 0.2) is 0 Å². The molecular weight excluding hydrogens is 360 g/mol. The fraction of sp³-hybridized carbons (Fsp3) is 0.240. The van der Waals surface area contributed by atoms with Gasteiger partial charge >= 0.3 is 0 Å². The summed E-state index contributed by atoms with van der Waals surface area (Å²) in [6.07, 6.45) is 1.96. The average Bonchev–Trinajstić information content (AvgIpc) is 2.80. The Morgan fingerprint density at radius 3 is 2.28 bits per heavy atom. The number of nitrogens with zero attached hydrogens (tertiary/aromatic N) is 1. The summed E-state index contributed by atoms with van der Waals surface area (Å²) in [6.45, 7) is 2.12. The summed E-state index contributed by atoms with van der Waals surface area (Å²) in [5, 5.41) is 0. The van der Waals surface area contributed by atoms with Crippen LogP contribution in [0, 0.1) is 0 Å². The van der Waals surface area contributed by atoms with Crippen LogP contribution in [-0.2, 0) is 6.54 Å². The fourth-order valence-corrected chi connectivity index (χ4v) is 3.86. The highest BCUT2D eigenvalue weighted by Crippen LogP contribution is 2.29. The van der Waals surface area contributed by atoms with E-state index in [1.165, 1.54) is 11.1 Å². The molecule has 3 aromatic rings. The van der Waals surface area contributed by atoms with E-state index in [0.29, 0.717) is 18.0 Å². The van der Waals surface area contributed by atoms with Crippen molar-refractivity contribution < 1.29 is 9.53 Å². The van der Waals surface area contributed by atoms with Crippen LogP contribution in [0.3, 0.4) is 0 Å². The van der Waals surface area contributed by atoms with Gasteiger partial charge in [-0.15, -0.1) is 0 Å². The Kier molecular flexibility index (Phi) is 5.92. The predicted octanol–water partition coefficient (Wildman–Crippen LogP) is 4.96. The minimum absolute atomic E-state index is 0.0884. The van der Waals surface area contributed by atoms with E-state index in [9.17, 15) is 4.79 Å².